The summed E-state index contributed by atoms with van der Waals surface area (Å²) in [5, 5.41) is 37.7. The molecule has 5 aliphatic rings. The molecule has 5 N–H and O–H groups in total. The summed E-state index contributed by atoms with van der Waals surface area (Å²) in [4.78, 5) is 30.0. The number of benzene rings is 2. The van der Waals surface area contributed by atoms with E-state index in [0.717, 1.165) is 24.2 Å². The summed E-state index contributed by atoms with van der Waals surface area (Å²) in [7, 11) is 0. The summed E-state index contributed by atoms with van der Waals surface area (Å²) in [5.74, 6) is -0.499. The number of amides is 1. The molecule has 0 radical (unpaired) electrons. The maximum absolute atomic E-state index is 13.6. The first-order chi connectivity index (χ1) is 18.3. The number of aromatic hydroxyl groups is 1. The van der Waals surface area contributed by atoms with Crippen molar-refractivity contribution in [2.45, 2.75) is 62.7 Å². The number of oxazole rings is 1. The number of H-pyrrole nitrogens is 1. The van der Waals surface area contributed by atoms with Crippen molar-refractivity contribution in [3.05, 3.63) is 63.3 Å². The number of hydrogen-bond donors (Lipinski definition) is 5. The van der Waals surface area contributed by atoms with Crippen LogP contribution in [0.1, 0.15) is 44.2 Å². The molecule has 39 heavy (non-hydrogen) atoms. The highest BCUT2D eigenvalue weighted by atomic mass is 16.5. The molecule has 1 saturated heterocycles. The van der Waals surface area contributed by atoms with Gasteiger partial charge < -0.3 is 29.8 Å². The van der Waals surface area contributed by atoms with Crippen molar-refractivity contribution in [3.63, 3.8) is 0 Å². The fourth-order valence-corrected chi connectivity index (χ4v) is 7.60. The first kappa shape index (κ1) is 24.3. The van der Waals surface area contributed by atoms with Crippen molar-refractivity contribution in [3.8, 4) is 11.5 Å². The lowest BCUT2D eigenvalue weighted by Gasteiger charge is -2.62. The fraction of sp³-hybridized carbons (Fsp3) is 0.448. The van der Waals surface area contributed by atoms with Crippen LogP contribution in [0.2, 0.25) is 0 Å². The number of hydrogen-bond acceptors (Lipinski definition) is 8. The number of aromatic amines is 1. The summed E-state index contributed by atoms with van der Waals surface area (Å²) in [6, 6.07) is 8.02. The van der Waals surface area contributed by atoms with E-state index < -0.39 is 28.8 Å². The van der Waals surface area contributed by atoms with Gasteiger partial charge in [0.1, 0.15) is 5.76 Å². The largest absolute Gasteiger partial charge is 0.508 e. The van der Waals surface area contributed by atoms with Gasteiger partial charge in [-0.3, -0.25) is 14.7 Å². The number of aliphatic hydroxyl groups excluding tert-OH is 1. The SMILES string of the molecule is C.O=C(Nc1ccc2[nH]c(=O)oc2c1)C1=C(O)[C@@H]2Oc3c(O)ccc4c3[C@@]23CCN(CC2CC2)[C@H](C4)[C@]3(O)C1. The molecule has 10 heteroatoms. The van der Waals surface area contributed by atoms with E-state index in [-0.39, 0.29) is 37.0 Å². The Morgan fingerprint density at radius 3 is 2.82 bits per heavy atom. The predicted molar refractivity (Wildman–Crippen MR) is 142 cm³/mol. The number of fused-ring (bicyclic) bond motifs is 1. The van der Waals surface area contributed by atoms with Crippen LogP contribution in [0, 0.1) is 5.92 Å². The van der Waals surface area contributed by atoms with Crippen LogP contribution in [-0.4, -0.2) is 61.9 Å². The van der Waals surface area contributed by atoms with Crippen molar-refractivity contribution >= 4 is 22.7 Å². The normalized spacial score (nSPS) is 30.5. The van der Waals surface area contributed by atoms with Gasteiger partial charge in [0.25, 0.3) is 5.91 Å². The van der Waals surface area contributed by atoms with E-state index in [1.807, 2.05) is 6.07 Å². The number of ether oxygens (including phenoxy) is 1. The number of aliphatic hydroxyl groups is 2. The molecule has 0 unspecified atom stereocenters. The minimum absolute atomic E-state index is 0. The average Bonchev–Trinajstić information content (AvgIpc) is 3.51. The molecule has 1 amide bonds. The number of aromatic nitrogens is 1. The molecule has 8 rings (SSSR count). The maximum Gasteiger partial charge on any atom is 0.417 e. The van der Waals surface area contributed by atoms with E-state index in [4.69, 9.17) is 9.15 Å². The number of nitrogens with one attached hydrogen (secondary N) is 2. The standard InChI is InChI=1S/C28H27N3O7.CH4/c32-18-6-3-14-9-20-28(36)11-16(25(34)29-15-4-5-17-19(10-15)37-26(35)30-17)22(33)24-27(28,21(14)23(18)38-24)7-8-31(20)12-13-1-2-13;/h3-6,10,13,20,24,32-33,36H,1-2,7-9,11-12H2,(H,29,34)(H,30,35);1H4/t20-,24+,27+,28-;/m1./s1. The number of carbonyl (C=O) groups excluding carboxylic acids is 1. The second-order valence-corrected chi connectivity index (χ2v) is 11.5. The molecular weight excluding hydrogens is 502 g/mol. The molecule has 3 aliphatic carbocycles. The lowest BCUT2D eigenvalue weighted by molar-refractivity contribution is -0.172. The molecule has 10 nitrogen and oxygen atoms in total. The van der Waals surface area contributed by atoms with Crippen LogP contribution in [0.4, 0.5) is 5.69 Å². The predicted octanol–water partition coefficient (Wildman–Crippen LogP) is 3.09. The zero-order valence-corrected chi connectivity index (χ0v) is 20.5. The van der Waals surface area contributed by atoms with Crippen LogP contribution in [0.3, 0.4) is 0 Å². The third kappa shape index (κ3) is 3.09. The molecule has 3 heterocycles. The maximum atomic E-state index is 13.6. The van der Waals surface area contributed by atoms with Crippen molar-refractivity contribution in [2.24, 2.45) is 5.92 Å². The number of anilines is 1. The molecule has 204 valence electrons. The minimum atomic E-state index is -1.38. The summed E-state index contributed by atoms with van der Waals surface area (Å²) in [6.07, 6.45) is 2.46. The van der Waals surface area contributed by atoms with Gasteiger partial charge >= 0.3 is 5.76 Å². The van der Waals surface area contributed by atoms with Crippen molar-refractivity contribution in [1.82, 2.24) is 9.88 Å². The molecule has 1 aromatic heterocycles. The zero-order valence-electron chi connectivity index (χ0n) is 20.5. The molecule has 3 aromatic rings. The highest BCUT2D eigenvalue weighted by Gasteiger charge is 2.73. The Morgan fingerprint density at radius 1 is 1.21 bits per heavy atom. The van der Waals surface area contributed by atoms with Gasteiger partial charge in [-0.15, -0.1) is 0 Å². The van der Waals surface area contributed by atoms with E-state index in [9.17, 15) is 24.9 Å². The first-order valence-corrected chi connectivity index (χ1v) is 13.1. The van der Waals surface area contributed by atoms with Gasteiger partial charge in [0, 0.05) is 36.3 Å². The van der Waals surface area contributed by atoms with Crippen LogP contribution in [0.15, 0.2) is 50.9 Å². The molecular formula is C29H31N3O7. The second-order valence-electron chi connectivity index (χ2n) is 11.5. The Morgan fingerprint density at radius 2 is 2.03 bits per heavy atom. The number of phenols is 1. The number of rotatable bonds is 4. The first-order valence-electron chi connectivity index (χ1n) is 13.1. The van der Waals surface area contributed by atoms with Gasteiger partial charge in [-0.1, -0.05) is 13.5 Å². The quantitative estimate of drug-likeness (QED) is 0.344. The monoisotopic (exact) mass is 533 g/mol. The van der Waals surface area contributed by atoms with E-state index in [2.05, 4.69) is 15.2 Å². The number of likely N-dealkylation sites (tertiary alicyclic amines) is 1. The second kappa shape index (κ2) is 7.89. The van der Waals surface area contributed by atoms with Crippen molar-refractivity contribution < 1.29 is 29.3 Å². The third-order valence-electron chi connectivity index (χ3n) is 9.47. The van der Waals surface area contributed by atoms with E-state index in [0.29, 0.717) is 41.3 Å². The lowest BCUT2D eigenvalue weighted by atomic mass is 9.49. The number of piperidine rings is 1. The van der Waals surface area contributed by atoms with Gasteiger partial charge in [0.15, 0.2) is 23.2 Å². The van der Waals surface area contributed by atoms with Gasteiger partial charge in [0.05, 0.1) is 22.1 Å². The molecule has 2 aliphatic heterocycles. The fourth-order valence-electron chi connectivity index (χ4n) is 7.60. The Balaban J connectivity index is 0.00000253. The van der Waals surface area contributed by atoms with Crippen LogP contribution >= 0.6 is 0 Å². The van der Waals surface area contributed by atoms with E-state index in [1.54, 1.807) is 18.2 Å². The van der Waals surface area contributed by atoms with Crippen LogP contribution in [-0.2, 0) is 16.6 Å². The molecule has 2 aromatic carbocycles. The van der Waals surface area contributed by atoms with Gasteiger partial charge in [-0.25, -0.2) is 4.79 Å². The topological polar surface area (TPSA) is 148 Å². The Kier molecular flexibility index (Phi) is 4.92. The van der Waals surface area contributed by atoms with Crippen molar-refractivity contribution in [2.75, 3.05) is 18.4 Å². The number of nitrogens with zero attached hydrogens (tertiary/aromatic N) is 1. The molecule has 2 bridgehead atoms. The molecule has 1 spiro atoms. The number of phenolic OH excluding ortho intramolecular Hbond substituents is 1. The highest BCUT2D eigenvalue weighted by Crippen LogP contribution is 2.66. The lowest BCUT2D eigenvalue weighted by Crippen LogP contribution is -2.75. The van der Waals surface area contributed by atoms with Crippen LogP contribution in [0.25, 0.3) is 11.1 Å². The minimum Gasteiger partial charge on any atom is -0.508 e. The molecule has 2 fully saturated rings. The van der Waals surface area contributed by atoms with Gasteiger partial charge in [-0.05, 0) is 61.9 Å². The van der Waals surface area contributed by atoms with Gasteiger partial charge in [-0.2, -0.15) is 0 Å². The molecule has 1 saturated carbocycles. The summed E-state index contributed by atoms with van der Waals surface area (Å²) >= 11 is 0. The van der Waals surface area contributed by atoms with Crippen LogP contribution < -0.4 is 15.8 Å². The molecule has 4 atom stereocenters. The van der Waals surface area contributed by atoms with Gasteiger partial charge in [0.2, 0.25) is 0 Å². The third-order valence-corrected chi connectivity index (χ3v) is 9.47. The summed E-state index contributed by atoms with van der Waals surface area (Å²) in [5.41, 5.74) is 0.673. The number of carbonyl (C=O) groups is 1. The zero-order chi connectivity index (χ0) is 26.0. The van der Waals surface area contributed by atoms with E-state index >= 15 is 0 Å². The average molecular weight is 534 g/mol. The Labute approximate surface area is 223 Å². The van der Waals surface area contributed by atoms with E-state index in [1.165, 1.54) is 18.9 Å². The van der Waals surface area contributed by atoms with Crippen molar-refractivity contribution in [1.29, 1.82) is 0 Å². The summed E-state index contributed by atoms with van der Waals surface area (Å²) in [6.45, 7) is 1.64. The Hall–Kier alpha value is -3.76. The summed E-state index contributed by atoms with van der Waals surface area (Å²) < 4.78 is 11.3. The highest BCUT2D eigenvalue weighted by molar-refractivity contribution is 6.05. The Bertz CT molecular complexity index is 1640. The smallest absolute Gasteiger partial charge is 0.417 e. The van der Waals surface area contributed by atoms with Crippen LogP contribution in [0.5, 0.6) is 11.5 Å².